The van der Waals surface area contributed by atoms with Crippen LogP contribution in [0, 0.1) is 6.92 Å². The Morgan fingerprint density at radius 3 is 2.55 bits per heavy atom. The van der Waals surface area contributed by atoms with Crippen molar-refractivity contribution >= 4 is 40.9 Å². The first kappa shape index (κ1) is 22.5. The number of rotatable bonds is 6. The number of aryl methyl sites for hydroxylation is 2. The van der Waals surface area contributed by atoms with Gasteiger partial charge in [0.05, 0.1) is 5.69 Å². The quantitative estimate of drug-likeness (QED) is 0.596. The summed E-state index contributed by atoms with van der Waals surface area (Å²) in [4.78, 5) is 18.3. The highest BCUT2D eigenvalue weighted by atomic mass is 35.5. The Balaban J connectivity index is 1.50. The van der Waals surface area contributed by atoms with E-state index in [0.29, 0.717) is 11.6 Å². The number of hydrogen-bond donors (Lipinski definition) is 0. The molecule has 1 aliphatic heterocycles. The van der Waals surface area contributed by atoms with Crippen LogP contribution in [0.2, 0.25) is 10.2 Å². The first-order chi connectivity index (χ1) is 13.8. The molecule has 0 bridgehead atoms. The van der Waals surface area contributed by atoms with E-state index in [0.717, 1.165) is 60.3 Å². The second-order valence-corrected chi connectivity index (χ2v) is 9.88. The van der Waals surface area contributed by atoms with E-state index in [4.69, 9.17) is 23.2 Å². The van der Waals surface area contributed by atoms with Crippen LogP contribution in [0.15, 0.2) is 29.2 Å². The zero-order chi connectivity index (χ0) is 21.0. The molecule has 2 aromatic rings. The van der Waals surface area contributed by atoms with Crippen molar-refractivity contribution in [3.63, 3.8) is 0 Å². The number of carbonyl (C=O) groups excluding carboxylic acids is 1. The Labute approximate surface area is 187 Å². The van der Waals surface area contributed by atoms with Crippen LogP contribution >= 0.6 is 35.0 Å². The molecule has 1 amide bonds. The summed E-state index contributed by atoms with van der Waals surface area (Å²) >= 11 is 14.0. The topological polar surface area (TPSA) is 41.4 Å². The largest absolute Gasteiger partial charge is 0.341 e. The Morgan fingerprint density at radius 1 is 1.17 bits per heavy atom. The number of nitrogens with zero attached hydrogens (tertiary/aromatic N) is 4. The number of amides is 1. The molecule has 0 aliphatic carbocycles. The second kappa shape index (κ2) is 10.2. The first-order valence-corrected chi connectivity index (χ1v) is 11.6. The average Bonchev–Trinajstić information content (AvgIpc) is 2.85. The van der Waals surface area contributed by atoms with Crippen molar-refractivity contribution in [3.8, 4) is 0 Å². The fourth-order valence-electron chi connectivity index (χ4n) is 3.62. The zero-order valence-electron chi connectivity index (χ0n) is 17.2. The van der Waals surface area contributed by atoms with Gasteiger partial charge in [-0.15, -0.1) is 11.8 Å². The summed E-state index contributed by atoms with van der Waals surface area (Å²) in [6, 6.07) is 7.78. The summed E-state index contributed by atoms with van der Waals surface area (Å²) in [6.45, 7) is 8.27. The molecular weight excluding hydrogens is 427 g/mol. The molecule has 1 aliphatic rings. The van der Waals surface area contributed by atoms with E-state index >= 15 is 0 Å². The van der Waals surface area contributed by atoms with E-state index in [2.05, 4.69) is 16.9 Å². The number of aromatic nitrogens is 2. The minimum absolute atomic E-state index is 0.222. The van der Waals surface area contributed by atoms with Gasteiger partial charge in [-0.3, -0.25) is 14.4 Å². The Kier molecular flexibility index (Phi) is 7.91. The molecule has 1 atom stereocenters. The van der Waals surface area contributed by atoms with Crippen molar-refractivity contribution in [2.24, 2.45) is 7.05 Å². The van der Waals surface area contributed by atoms with Crippen LogP contribution < -0.4 is 0 Å². The summed E-state index contributed by atoms with van der Waals surface area (Å²) in [6.07, 6.45) is 1.52. The number of carbonyl (C=O) groups is 1. The van der Waals surface area contributed by atoms with Crippen LogP contribution in [0.1, 0.15) is 31.0 Å². The van der Waals surface area contributed by atoms with Gasteiger partial charge in [0, 0.05) is 66.9 Å². The Morgan fingerprint density at radius 2 is 1.90 bits per heavy atom. The van der Waals surface area contributed by atoms with Crippen LogP contribution in [0.5, 0.6) is 0 Å². The van der Waals surface area contributed by atoms with Gasteiger partial charge in [0.1, 0.15) is 5.15 Å². The molecule has 158 valence electrons. The number of thioether (sulfide) groups is 1. The maximum absolute atomic E-state index is 12.8. The molecule has 1 saturated heterocycles. The van der Waals surface area contributed by atoms with Crippen molar-refractivity contribution in [1.29, 1.82) is 0 Å². The first-order valence-electron chi connectivity index (χ1n) is 9.94. The minimum atomic E-state index is 0.222. The predicted molar refractivity (Wildman–Crippen MR) is 121 cm³/mol. The molecule has 2 heterocycles. The maximum atomic E-state index is 12.8. The van der Waals surface area contributed by atoms with Crippen molar-refractivity contribution in [2.75, 3.05) is 26.2 Å². The van der Waals surface area contributed by atoms with Gasteiger partial charge in [0.25, 0.3) is 0 Å². The average molecular weight is 455 g/mol. The normalized spacial score (nSPS) is 16.7. The molecule has 1 unspecified atom stereocenters. The number of halogens is 2. The summed E-state index contributed by atoms with van der Waals surface area (Å²) in [5, 5.41) is 6.05. The third kappa shape index (κ3) is 6.14. The summed E-state index contributed by atoms with van der Waals surface area (Å²) < 4.78 is 1.72. The SMILES string of the molecule is Cc1nn(C)c(Cl)c1CN1CCCN(C(=O)CC(C)Sc2ccc(Cl)cc2)CC1. The molecule has 29 heavy (non-hydrogen) atoms. The highest BCUT2D eigenvalue weighted by Crippen LogP contribution is 2.27. The Hall–Kier alpha value is -1.21. The van der Waals surface area contributed by atoms with Gasteiger partial charge >= 0.3 is 0 Å². The van der Waals surface area contributed by atoms with E-state index in [1.54, 1.807) is 16.4 Å². The van der Waals surface area contributed by atoms with Crippen LogP contribution in [-0.2, 0) is 18.4 Å². The fraction of sp³-hybridized carbons (Fsp3) is 0.524. The molecule has 1 fully saturated rings. The highest BCUT2D eigenvalue weighted by Gasteiger charge is 2.22. The van der Waals surface area contributed by atoms with Crippen molar-refractivity contribution < 1.29 is 4.79 Å². The van der Waals surface area contributed by atoms with Gasteiger partial charge in [-0.1, -0.05) is 30.1 Å². The second-order valence-electron chi connectivity index (χ2n) is 7.58. The van der Waals surface area contributed by atoms with Crippen LogP contribution in [0.25, 0.3) is 0 Å². The molecule has 0 saturated carbocycles. The summed E-state index contributed by atoms with van der Waals surface area (Å²) in [5.74, 6) is 0.233. The third-order valence-electron chi connectivity index (χ3n) is 5.21. The Bertz CT molecular complexity index is 840. The van der Waals surface area contributed by atoms with E-state index in [-0.39, 0.29) is 11.2 Å². The molecule has 0 radical (unpaired) electrons. The molecular formula is C21H28Cl2N4OS. The maximum Gasteiger partial charge on any atom is 0.223 e. The van der Waals surface area contributed by atoms with Gasteiger partial charge < -0.3 is 4.90 Å². The van der Waals surface area contributed by atoms with Gasteiger partial charge in [-0.2, -0.15) is 5.10 Å². The minimum Gasteiger partial charge on any atom is -0.341 e. The smallest absolute Gasteiger partial charge is 0.223 e. The van der Waals surface area contributed by atoms with Gasteiger partial charge in [0.15, 0.2) is 0 Å². The lowest BCUT2D eigenvalue weighted by molar-refractivity contribution is -0.131. The zero-order valence-corrected chi connectivity index (χ0v) is 19.5. The lowest BCUT2D eigenvalue weighted by atomic mass is 10.2. The number of hydrogen-bond acceptors (Lipinski definition) is 4. The van der Waals surface area contributed by atoms with Gasteiger partial charge in [0.2, 0.25) is 5.91 Å². The van der Waals surface area contributed by atoms with E-state index in [1.165, 1.54) is 0 Å². The molecule has 5 nitrogen and oxygen atoms in total. The van der Waals surface area contributed by atoms with E-state index in [1.807, 2.05) is 43.1 Å². The molecule has 1 aromatic heterocycles. The molecule has 3 rings (SSSR count). The lowest BCUT2D eigenvalue weighted by Gasteiger charge is -2.23. The lowest BCUT2D eigenvalue weighted by Crippen LogP contribution is -2.36. The molecule has 0 N–H and O–H groups in total. The van der Waals surface area contributed by atoms with Crippen LogP contribution in [-0.4, -0.2) is 56.9 Å². The molecule has 8 heteroatoms. The summed E-state index contributed by atoms with van der Waals surface area (Å²) in [5.41, 5.74) is 2.06. The standard InChI is InChI=1S/C21H28Cl2N4OS/c1-15(29-18-7-5-17(22)6-8-18)13-20(28)27-10-4-9-26(11-12-27)14-19-16(2)24-25(3)21(19)23/h5-8,15H,4,9-14H2,1-3H3. The van der Waals surface area contributed by atoms with Crippen molar-refractivity contribution in [3.05, 3.63) is 45.7 Å². The third-order valence-corrected chi connectivity index (χ3v) is 7.04. The van der Waals surface area contributed by atoms with Crippen molar-refractivity contribution in [1.82, 2.24) is 19.6 Å². The van der Waals surface area contributed by atoms with Gasteiger partial charge in [-0.25, -0.2) is 0 Å². The van der Waals surface area contributed by atoms with Crippen molar-refractivity contribution in [2.45, 2.75) is 43.4 Å². The fourth-order valence-corrected chi connectivity index (χ4v) is 4.96. The molecule has 0 spiro atoms. The van der Waals surface area contributed by atoms with Crippen LogP contribution in [0.4, 0.5) is 0 Å². The van der Waals surface area contributed by atoms with E-state index < -0.39 is 0 Å². The van der Waals surface area contributed by atoms with Crippen LogP contribution in [0.3, 0.4) is 0 Å². The number of benzene rings is 1. The van der Waals surface area contributed by atoms with E-state index in [9.17, 15) is 4.79 Å². The highest BCUT2D eigenvalue weighted by molar-refractivity contribution is 8.00. The molecule has 1 aromatic carbocycles. The predicted octanol–water partition coefficient (Wildman–Crippen LogP) is 4.64. The van der Waals surface area contributed by atoms with Gasteiger partial charge in [-0.05, 0) is 37.6 Å². The summed E-state index contributed by atoms with van der Waals surface area (Å²) in [7, 11) is 1.87. The monoisotopic (exact) mass is 454 g/mol.